The van der Waals surface area contributed by atoms with Crippen molar-refractivity contribution in [3.63, 3.8) is 0 Å². The quantitative estimate of drug-likeness (QED) is 0.638. The Morgan fingerprint density at radius 2 is 1.67 bits per heavy atom. The summed E-state index contributed by atoms with van der Waals surface area (Å²) >= 11 is 0. The Hall–Kier alpha value is -2.93. The topological polar surface area (TPSA) is 63.3 Å². The zero-order valence-corrected chi connectivity index (χ0v) is 18.0. The monoisotopic (exact) mass is 413 g/mol. The number of ether oxygens (including phenoxy) is 3. The van der Waals surface area contributed by atoms with Gasteiger partial charge in [-0.3, -0.25) is 9.69 Å². The van der Waals surface area contributed by atoms with Crippen molar-refractivity contribution in [2.45, 2.75) is 6.42 Å². The van der Waals surface area contributed by atoms with Crippen molar-refractivity contribution in [3.05, 3.63) is 48.0 Å². The van der Waals surface area contributed by atoms with Gasteiger partial charge in [0.15, 0.2) is 0 Å². The number of methoxy groups -OCH3 is 3. The van der Waals surface area contributed by atoms with Crippen LogP contribution >= 0.6 is 0 Å². The van der Waals surface area contributed by atoms with E-state index >= 15 is 0 Å². The zero-order chi connectivity index (χ0) is 21.3. The molecule has 0 unspecified atom stereocenters. The minimum atomic E-state index is -0.129. The predicted molar refractivity (Wildman–Crippen MR) is 118 cm³/mol. The number of carbonyl (C=O) groups excluding carboxylic acids is 1. The van der Waals surface area contributed by atoms with E-state index in [4.69, 9.17) is 14.2 Å². The third-order valence-corrected chi connectivity index (χ3v) is 5.39. The predicted octanol–water partition coefficient (Wildman–Crippen LogP) is 2.65. The van der Waals surface area contributed by atoms with Crippen LogP contribution in [0.25, 0.3) is 0 Å². The summed E-state index contributed by atoms with van der Waals surface area (Å²) in [6.07, 6.45) is 0.902. The zero-order valence-electron chi connectivity index (χ0n) is 18.0. The Kier molecular flexibility index (Phi) is 7.79. The highest BCUT2D eigenvalue weighted by atomic mass is 16.5. The Labute approximate surface area is 178 Å². The van der Waals surface area contributed by atoms with E-state index in [2.05, 4.69) is 21.2 Å². The third kappa shape index (κ3) is 5.36. The fourth-order valence-electron chi connectivity index (χ4n) is 3.69. The molecule has 0 aliphatic carbocycles. The molecule has 0 radical (unpaired) electrons. The highest BCUT2D eigenvalue weighted by Crippen LogP contribution is 2.28. The standard InChI is InChI=1S/C23H31N3O4/c1-28-18-9-10-19(22(17-18)30-3)23(27)24-11-6-12-25-13-15-26(16-14-25)20-7-4-5-8-21(20)29-2/h4-5,7-10,17H,6,11-16H2,1-3H3,(H,24,27). The molecule has 30 heavy (non-hydrogen) atoms. The summed E-state index contributed by atoms with van der Waals surface area (Å²) in [6.45, 7) is 5.52. The molecular weight excluding hydrogens is 382 g/mol. The van der Waals surface area contributed by atoms with Crippen molar-refractivity contribution in [3.8, 4) is 17.2 Å². The lowest BCUT2D eigenvalue weighted by molar-refractivity contribution is 0.0948. The van der Waals surface area contributed by atoms with Crippen LogP contribution in [0.1, 0.15) is 16.8 Å². The van der Waals surface area contributed by atoms with Gasteiger partial charge in [0.1, 0.15) is 17.2 Å². The van der Waals surface area contributed by atoms with Crippen molar-refractivity contribution in [2.75, 3.05) is 65.5 Å². The fraction of sp³-hybridized carbons (Fsp3) is 0.435. The van der Waals surface area contributed by atoms with Gasteiger partial charge in [-0.15, -0.1) is 0 Å². The molecular formula is C23H31N3O4. The van der Waals surface area contributed by atoms with E-state index in [9.17, 15) is 4.79 Å². The fourth-order valence-corrected chi connectivity index (χ4v) is 3.69. The summed E-state index contributed by atoms with van der Waals surface area (Å²) in [6, 6.07) is 13.4. The van der Waals surface area contributed by atoms with Gasteiger partial charge in [0.05, 0.1) is 32.6 Å². The molecule has 1 heterocycles. The van der Waals surface area contributed by atoms with Crippen molar-refractivity contribution in [2.24, 2.45) is 0 Å². The van der Waals surface area contributed by atoms with Gasteiger partial charge in [0.2, 0.25) is 0 Å². The molecule has 0 saturated carbocycles. The maximum absolute atomic E-state index is 12.5. The van der Waals surface area contributed by atoms with Crippen LogP contribution in [-0.2, 0) is 0 Å². The van der Waals surface area contributed by atoms with Gasteiger partial charge in [0.25, 0.3) is 5.91 Å². The van der Waals surface area contributed by atoms with Gasteiger partial charge in [-0.25, -0.2) is 0 Å². The number of hydrogen-bond donors (Lipinski definition) is 1. The van der Waals surface area contributed by atoms with Crippen LogP contribution in [0.2, 0.25) is 0 Å². The highest BCUT2D eigenvalue weighted by Gasteiger charge is 2.19. The highest BCUT2D eigenvalue weighted by molar-refractivity contribution is 5.97. The van der Waals surface area contributed by atoms with E-state index in [0.717, 1.165) is 50.6 Å². The molecule has 2 aromatic carbocycles. The largest absolute Gasteiger partial charge is 0.497 e. The van der Waals surface area contributed by atoms with E-state index in [-0.39, 0.29) is 5.91 Å². The molecule has 2 aromatic rings. The van der Waals surface area contributed by atoms with Crippen LogP contribution in [-0.4, -0.2) is 71.4 Å². The number of rotatable bonds is 9. The summed E-state index contributed by atoms with van der Waals surface area (Å²) in [5, 5.41) is 2.99. The second-order valence-corrected chi connectivity index (χ2v) is 7.18. The number of piperazine rings is 1. The lowest BCUT2D eigenvalue weighted by Crippen LogP contribution is -2.47. The molecule has 3 rings (SSSR count). The Bertz CT molecular complexity index is 835. The first-order valence-corrected chi connectivity index (χ1v) is 10.3. The number of amides is 1. The molecule has 1 aliphatic rings. The number of nitrogens with one attached hydrogen (secondary N) is 1. The first kappa shape index (κ1) is 21.8. The molecule has 1 saturated heterocycles. The van der Waals surface area contributed by atoms with Gasteiger partial charge >= 0.3 is 0 Å². The van der Waals surface area contributed by atoms with Gasteiger partial charge < -0.3 is 24.4 Å². The molecule has 0 bridgehead atoms. The lowest BCUT2D eigenvalue weighted by Gasteiger charge is -2.36. The maximum atomic E-state index is 12.5. The molecule has 0 atom stereocenters. The number of para-hydroxylation sites is 2. The average Bonchev–Trinajstić information content (AvgIpc) is 2.81. The summed E-state index contributed by atoms with van der Waals surface area (Å²) in [5.74, 6) is 1.97. The number of anilines is 1. The maximum Gasteiger partial charge on any atom is 0.255 e. The normalized spacial score (nSPS) is 14.3. The minimum absolute atomic E-state index is 0.129. The van der Waals surface area contributed by atoms with Crippen LogP contribution in [0.4, 0.5) is 5.69 Å². The molecule has 7 nitrogen and oxygen atoms in total. The molecule has 1 amide bonds. The number of benzene rings is 2. The molecule has 0 aromatic heterocycles. The van der Waals surface area contributed by atoms with Gasteiger partial charge in [-0.1, -0.05) is 12.1 Å². The second kappa shape index (κ2) is 10.7. The number of hydrogen-bond acceptors (Lipinski definition) is 6. The molecule has 7 heteroatoms. The third-order valence-electron chi connectivity index (χ3n) is 5.39. The van der Waals surface area contributed by atoms with E-state index in [0.29, 0.717) is 23.6 Å². The molecule has 1 fully saturated rings. The first-order chi connectivity index (χ1) is 14.7. The van der Waals surface area contributed by atoms with Crippen molar-refractivity contribution >= 4 is 11.6 Å². The number of nitrogens with zero attached hydrogens (tertiary/aromatic N) is 2. The van der Waals surface area contributed by atoms with E-state index in [1.807, 2.05) is 18.2 Å². The molecule has 1 aliphatic heterocycles. The van der Waals surface area contributed by atoms with Gasteiger partial charge in [-0.2, -0.15) is 0 Å². The van der Waals surface area contributed by atoms with E-state index < -0.39 is 0 Å². The van der Waals surface area contributed by atoms with Crippen molar-refractivity contribution < 1.29 is 19.0 Å². The smallest absolute Gasteiger partial charge is 0.255 e. The molecule has 0 spiro atoms. The Balaban J connectivity index is 1.41. The van der Waals surface area contributed by atoms with Crippen LogP contribution in [0.5, 0.6) is 17.2 Å². The molecule has 1 N–H and O–H groups in total. The van der Waals surface area contributed by atoms with Crippen LogP contribution in [0.15, 0.2) is 42.5 Å². The van der Waals surface area contributed by atoms with Crippen molar-refractivity contribution in [1.82, 2.24) is 10.2 Å². The SMILES string of the molecule is COc1ccc(C(=O)NCCCN2CCN(c3ccccc3OC)CC2)c(OC)c1. The van der Waals surface area contributed by atoms with E-state index in [1.165, 1.54) is 0 Å². The Morgan fingerprint density at radius 1 is 0.933 bits per heavy atom. The summed E-state index contributed by atoms with van der Waals surface area (Å²) < 4.78 is 16.0. The summed E-state index contributed by atoms with van der Waals surface area (Å²) in [7, 11) is 4.85. The number of carbonyl (C=O) groups is 1. The van der Waals surface area contributed by atoms with E-state index in [1.54, 1.807) is 39.5 Å². The average molecular weight is 414 g/mol. The lowest BCUT2D eigenvalue weighted by atomic mass is 10.1. The summed E-state index contributed by atoms with van der Waals surface area (Å²) in [5.41, 5.74) is 1.67. The van der Waals surface area contributed by atoms with Crippen LogP contribution in [0.3, 0.4) is 0 Å². The van der Waals surface area contributed by atoms with Gasteiger partial charge in [-0.05, 0) is 37.2 Å². The summed E-state index contributed by atoms with van der Waals surface area (Å²) in [4.78, 5) is 17.3. The molecule has 162 valence electrons. The Morgan fingerprint density at radius 3 is 2.37 bits per heavy atom. The second-order valence-electron chi connectivity index (χ2n) is 7.18. The van der Waals surface area contributed by atoms with Crippen LogP contribution < -0.4 is 24.4 Å². The van der Waals surface area contributed by atoms with Crippen LogP contribution in [0, 0.1) is 0 Å². The first-order valence-electron chi connectivity index (χ1n) is 10.3. The van der Waals surface area contributed by atoms with Gasteiger partial charge in [0, 0.05) is 38.8 Å². The van der Waals surface area contributed by atoms with Crippen molar-refractivity contribution in [1.29, 1.82) is 0 Å². The minimum Gasteiger partial charge on any atom is -0.497 e.